The zero-order valence-corrected chi connectivity index (χ0v) is 14.2. The molecule has 1 N–H and O–H groups in total. The van der Waals surface area contributed by atoms with Crippen LogP contribution >= 0.6 is 11.8 Å². The number of nitrogens with one attached hydrogen (secondary N) is 1. The summed E-state index contributed by atoms with van der Waals surface area (Å²) in [6.07, 6.45) is 4.67. The van der Waals surface area contributed by atoms with E-state index < -0.39 is 5.82 Å². The van der Waals surface area contributed by atoms with E-state index in [1.807, 2.05) is 6.92 Å². The Morgan fingerprint density at radius 1 is 1.29 bits per heavy atom. The fourth-order valence-corrected chi connectivity index (χ4v) is 3.60. The molecule has 4 rings (SSSR count). The van der Waals surface area contributed by atoms with Gasteiger partial charge < -0.3 is 9.88 Å². The average molecular weight is 346 g/mol. The predicted octanol–water partition coefficient (Wildman–Crippen LogP) is 3.75. The third kappa shape index (κ3) is 3.17. The number of hydrogen-bond donors (Lipinski definition) is 1. The van der Waals surface area contributed by atoms with Gasteiger partial charge in [0, 0.05) is 12.0 Å². The number of carbonyl (C=O) groups excluding carboxylic acids is 1. The summed E-state index contributed by atoms with van der Waals surface area (Å²) in [6.45, 7) is 1.81. The molecule has 0 saturated heterocycles. The van der Waals surface area contributed by atoms with Gasteiger partial charge in [0.15, 0.2) is 5.16 Å². The quantitative estimate of drug-likeness (QED) is 0.809. The number of halogens is 1. The van der Waals surface area contributed by atoms with Crippen LogP contribution in [0.15, 0.2) is 29.4 Å². The summed E-state index contributed by atoms with van der Waals surface area (Å²) in [5.74, 6) is 0.945. The minimum absolute atomic E-state index is 0.206. The number of benzene rings is 1. The van der Waals surface area contributed by atoms with Crippen molar-refractivity contribution in [3.63, 3.8) is 0 Å². The third-order valence-corrected chi connectivity index (χ3v) is 5.39. The van der Waals surface area contributed by atoms with Gasteiger partial charge in [-0.1, -0.05) is 23.9 Å². The van der Waals surface area contributed by atoms with Crippen LogP contribution in [0.5, 0.6) is 0 Å². The van der Waals surface area contributed by atoms with Crippen LogP contribution in [0.25, 0.3) is 0 Å². The van der Waals surface area contributed by atoms with Gasteiger partial charge in [-0.05, 0) is 44.7 Å². The van der Waals surface area contributed by atoms with E-state index in [0.717, 1.165) is 23.8 Å². The van der Waals surface area contributed by atoms with Crippen LogP contribution in [0.1, 0.15) is 50.4 Å². The van der Waals surface area contributed by atoms with E-state index in [9.17, 15) is 9.18 Å². The van der Waals surface area contributed by atoms with Crippen molar-refractivity contribution in [1.82, 2.24) is 14.8 Å². The third-order valence-electron chi connectivity index (χ3n) is 4.33. The van der Waals surface area contributed by atoms with Crippen molar-refractivity contribution in [1.29, 1.82) is 0 Å². The highest BCUT2D eigenvalue weighted by Crippen LogP contribution is 2.46. The Labute approximate surface area is 144 Å². The van der Waals surface area contributed by atoms with Crippen molar-refractivity contribution in [3.8, 4) is 0 Å². The second-order valence-electron chi connectivity index (χ2n) is 6.45. The van der Waals surface area contributed by atoms with Gasteiger partial charge in [-0.2, -0.15) is 0 Å². The summed E-state index contributed by atoms with van der Waals surface area (Å²) in [5.41, 5.74) is 0.206. The number of nitrogens with zero attached hydrogens (tertiary/aromatic N) is 3. The van der Waals surface area contributed by atoms with Crippen molar-refractivity contribution < 1.29 is 9.18 Å². The maximum atomic E-state index is 13.7. The monoisotopic (exact) mass is 346 g/mol. The molecule has 0 radical (unpaired) electrons. The lowest BCUT2D eigenvalue weighted by molar-refractivity contribution is -0.115. The lowest BCUT2D eigenvalue weighted by Gasteiger charge is -2.13. The van der Waals surface area contributed by atoms with Crippen LogP contribution in [0.3, 0.4) is 0 Å². The van der Waals surface area contributed by atoms with Crippen LogP contribution in [0.4, 0.5) is 10.1 Å². The van der Waals surface area contributed by atoms with Crippen LogP contribution in [0.2, 0.25) is 0 Å². The fraction of sp³-hybridized carbons (Fsp3) is 0.471. The summed E-state index contributed by atoms with van der Waals surface area (Å²) in [4.78, 5) is 12.4. The standard InChI is InChI=1S/C17H19FN4OS/c1-10(16(23)19-14-5-3-2-4-13(14)18)24-17-21-20-15(11-6-7-11)22(17)12-8-9-12/h2-5,10-12H,6-9H2,1H3,(H,19,23)/t10-/m1/s1. The van der Waals surface area contributed by atoms with Crippen molar-refractivity contribution >= 4 is 23.4 Å². The van der Waals surface area contributed by atoms with E-state index in [1.54, 1.807) is 18.2 Å². The van der Waals surface area contributed by atoms with Crippen molar-refractivity contribution in [2.75, 3.05) is 5.32 Å². The predicted molar refractivity (Wildman–Crippen MR) is 90.6 cm³/mol. The molecule has 2 aliphatic carbocycles. The zero-order chi connectivity index (χ0) is 16.7. The Hall–Kier alpha value is -1.89. The first-order chi connectivity index (χ1) is 11.6. The van der Waals surface area contributed by atoms with Gasteiger partial charge in [0.25, 0.3) is 0 Å². The molecule has 2 saturated carbocycles. The minimum atomic E-state index is -0.430. The topological polar surface area (TPSA) is 59.8 Å². The van der Waals surface area contributed by atoms with Gasteiger partial charge in [-0.15, -0.1) is 10.2 Å². The van der Waals surface area contributed by atoms with Crippen molar-refractivity contribution in [2.45, 2.75) is 55.0 Å². The second-order valence-corrected chi connectivity index (χ2v) is 7.75. The molecule has 1 aromatic heterocycles. The Morgan fingerprint density at radius 3 is 2.71 bits per heavy atom. The summed E-state index contributed by atoms with van der Waals surface area (Å²) in [7, 11) is 0. The molecule has 1 aromatic carbocycles. The molecule has 2 aliphatic rings. The van der Waals surface area contributed by atoms with Gasteiger partial charge in [0.2, 0.25) is 5.91 Å². The molecule has 126 valence electrons. The molecule has 24 heavy (non-hydrogen) atoms. The largest absolute Gasteiger partial charge is 0.323 e. The Kier molecular flexibility index (Phi) is 4.04. The number of carbonyl (C=O) groups is 1. The number of thioether (sulfide) groups is 1. The maximum absolute atomic E-state index is 13.7. The zero-order valence-electron chi connectivity index (χ0n) is 13.4. The van der Waals surface area contributed by atoms with Crippen LogP contribution < -0.4 is 5.32 Å². The van der Waals surface area contributed by atoms with E-state index in [0.29, 0.717) is 12.0 Å². The van der Waals surface area contributed by atoms with Gasteiger partial charge in [-0.25, -0.2) is 4.39 Å². The highest BCUT2D eigenvalue weighted by Gasteiger charge is 2.37. The summed E-state index contributed by atoms with van der Waals surface area (Å²) in [5, 5.41) is 11.7. The van der Waals surface area contributed by atoms with Crippen LogP contribution in [0, 0.1) is 5.82 Å². The Morgan fingerprint density at radius 2 is 2.04 bits per heavy atom. The molecular weight excluding hydrogens is 327 g/mol. The lowest BCUT2D eigenvalue weighted by Crippen LogP contribution is -2.23. The normalized spacial score (nSPS) is 18.4. The smallest absolute Gasteiger partial charge is 0.237 e. The lowest BCUT2D eigenvalue weighted by atomic mass is 10.3. The molecule has 7 heteroatoms. The van der Waals surface area contributed by atoms with Crippen molar-refractivity contribution in [2.24, 2.45) is 0 Å². The number of rotatable bonds is 6. The Balaban J connectivity index is 1.47. The molecule has 0 bridgehead atoms. The summed E-state index contributed by atoms with van der Waals surface area (Å²) in [6, 6.07) is 6.67. The van der Waals surface area contributed by atoms with E-state index >= 15 is 0 Å². The fourth-order valence-electron chi connectivity index (χ4n) is 2.67. The van der Waals surface area contributed by atoms with Gasteiger partial charge >= 0.3 is 0 Å². The number of amides is 1. The maximum Gasteiger partial charge on any atom is 0.237 e. The highest BCUT2D eigenvalue weighted by atomic mass is 32.2. The molecule has 1 atom stereocenters. The number of hydrogen-bond acceptors (Lipinski definition) is 4. The summed E-state index contributed by atoms with van der Waals surface area (Å²) < 4.78 is 15.9. The first-order valence-corrected chi connectivity index (χ1v) is 9.18. The average Bonchev–Trinajstić information content (AvgIpc) is 3.49. The van der Waals surface area contributed by atoms with Gasteiger partial charge in [0.1, 0.15) is 11.6 Å². The molecule has 0 unspecified atom stereocenters. The molecule has 2 fully saturated rings. The van der Waals surface area contributed by atoms with Gasteiger partial charge in [-0.3, -0.25) is 4.79 Å². The summed E-state index contributed by atoms with van der Waals surface area (Å²) >= 11 is 1.39. The van der Waals surface area contributed by atoms with E-state index in [4.69, 9.17) is 0 Å². The molecule has 0 aliphatic heterocycles. The molecule has 1 amide bonds. The van der Waals surface area contributed by atoms with E-state index in [1.165, 1.54) is 30.7 Å². The van der Waals surface area contributed by atoms with Crippen LogP contribution in [-0.4, -0.2) is 25.9 Å². The van der Waals surface area contributed by atoms with Gasteiger partial charge in [0.05, 0.1) is 10.9 Å². The molecule has 0 spiro atoms. The van der Waals surface area contributed by atoms with Crippen molar-refractivity contribution in [3.05, 3.63) is 35.9 Å². The van der Waals surface area contributed by atoms with E-state index in [2.05, 4.69) is 20.1 Å². The molecule has 2 aromatic rings. The molecular formula is C17H19FN4OS. The highest BCUT2D eigenvalue weighted by molar-refractivity contribution is 8.00. The first kappa shape index (κ1) is 15.6. The van der Waals surface area contributed by atoms with E-state index in [-0.39, 0.29) is 16.8 Å². The second kappa shape index (κ2) is 6.20. The molecule has 5 nitrogen and oxygen atoms in total. The number of para-hydroxylation sites is 1. The number of aromatic nitrogens is 3. The molecule has 1 heterocycles. The Bertz CT molecular complexity index is 770. The van der Waals surface area contributed by atoms with Crippen LogP contribution in [-0.2, 0) is 4.79 Å². The SMILES string of the molecule is C[C@@H](Sc1nnc(C2CC2)n1C1CC1)C(=O)Nc1ccccc1F. The number of anilines is 1. The first-order valence-electron chi connectivity index (χ1n) is 8.30. The minimum Gasteiger partial charge on any atom is -0.323 e.